The number of fused-ring (bicyclic) bond motifs is 1. The van der Waals surface area contributed by atoms with Crippen LogP contribution in [0.3, 0.4) is 0 Å². The Labute approximate surface area is 139 Å². The topological polar surface area (TPSA) is 55.8 Å². The van der Waals surface area contributed by atoms with E-state index in [0.29, 0.717) is 19.6 Å². The zero-order valence-electron chi connectivity index (χ0n) is 14.6. The maximum absolute atomic E-state index is 12.2. The fourth-order valence-corrected chi connectivity index (χ4v) is 4.17. The summed E-state index contributed by atoms with van der Waals surface area (Å²) in [5.74, 6) is 1.49. The van der Waals surface area contributed by atoms with Crippen LogP contribution in [-0.2, 0) is 10.0 Å². The summed E-state index contributed by atoms with van der Waals surface area (Å²) in [5, 5.41) is 0. The highest BCUT2D eigenvalue weighted by molar-refractivity contribution is 7.88. The van der Waals surface area contributed by atoms with Crippen molar-refractivity contribution in [3.05, 3.63) is 23.8 Å². The third-order valence-electron chi connectivity index (χ3n) is 3.97. The maximum Gasteiger partial charge on any atom is 0.211 e. The average Bonchev–Trinajstić information content (AvgIpc) is 2.43. The number of hydrogen-bond acceptors (Lipinski definition) is 4. The Balaban J connectivity index is 2.47. The molecule has 23 heavy (non-hydrogen) atoms. The van der Waals surface area contributed by atoms with E-state index in [1.54, 1.807) is 4.31 Å². The van der Waals surface area contributed by atoms with E-state index in [4.69, 9.17) is 9.47 Å². The van der Waals surface area contributed by atoms with Crippen LogP contribution in [0.25, 0.3) is 0 Å². The van der Waals surface area contributed by atoms with Gasteiger partial charge in [-0.1, -0.05) is 13.8 Å². The van der Waals surface area contributed by atoms with Crippen LogP contribution in [-0.4, -0.2) is 37.7 Å². The zero-order chi connectivity index (χ0) is 17.3. The smallest absolute Gasteiger partial charge is 0.211 e. The Kier molecular flexibility index (Phi) is 5.26. The van der Waals surface area contributed by atoms with Crippen molar-refractivity contribution in [1.82, 2.24) is 4.31 Å². The molecule has 1 aliphatic heterocycles. The van der Waals surface area contributed by atoms with E-state index in [9.17, 15) is 8.42 Å². The van der Waals surface area contributed by atoms with Crippen LogP contribution >= 0.6 is 0 Å². The van der Waals surface area contributed by atoms with E-state index in [2.05, 4.69) is 6.92 Å². The summed E-state index contributed by atoms with van der Waals surface area (Å²) in [6, 6.07) is 5.44. The number of nitrogens with zero attached hydrogens (tertiary/aromatic N) is 1. The summed E-state index contributed by atoms with van der Waals surface area (Å²) in [5.41, 5.74) is 0.465. The lowest BCUT2D eigenvalue weighted by Crippen LogP contribution is -2.43. The molecule has 0 saturated carbocycles. The first kappa shape index (κ1) is 18.1. The average molecular weight is 341 g/mol. The molecule has 2 rings (SSSR count). The zero-order valence-corrected chi connectivity index (χ0v) is 15.4. The molecule has 1 aromatic rings. The summed E-state index contributed by atoms with van der Waals surface area (Å²) < 4.78 is 37.7. The van der Waals surface area contributed by atoms with Gasteiger partial charge in [0.25, 0.3) is 0 Å². The van der Waals surface area contributed by atoms with Crippen LogP contribution in [0.2, 0.25) is 0 Å². The van der Waals surface area contributed by atoms with Gasteiger partial charge in [0, 0.05) is 18.5 Å². The molecule has 0 aliphatic carbocycles. The molecule has 0 aromatic heterocycles. The van der Waals surface area contributed by atoms with Gasteiger partial charge in [-0.3, -0.25) is 0 Å². The lowest BCUT2D eigenvalue weighted by atomic mass is 9.89. The molecule has 1 atom stereocenters. The van der Waals surface area contributed by atoms with E-state index in [0.717, 1.165) is 23.5 Å². The predicted molar refractivity (Wildman–Crippen MR) is 91.5 cm³/mol. The first-order valence-electron chi connectivity index (χ1n) is 8.10. The van der Waals surface area contributed by atoms with Gasteiger partial charge >= 0.3 is 0 Å². The Morgan fingerprint density at radius 1 is 1.35 bits per heavy atom. The second-order valence-corrected chi connectivity index (χ2v) is 8.53. The van der Waals surface area contributed by atoms with Gasteiger partial charge in [-0.2, -0.15) is 4.31 Å². The lowest BCUT2D eigenvalue weighted by Gasteiger charge is -2.41. The highest BCUT2D eigenvalue weighted by Gasteiger charge is 2.39. The van der Waals surface area contributed by atoms with Gasteiger partial charge in [-0.15, -0.1) is 0 Å². The molecule has 1 unspecified atom stereocenters. The summed E-state index contributed by atoms with van der Waals surface area (Å²) >= 11 is 0. The van der Waals surface area contributed by atoms with Crippen LogP contribution in [0.5, 0.6) is 11.5 Å². The van der Waals surface area contributed by atoms with Crippen LogP contribution in [0.1, 0.15) is 52.1 Å². The third kappa shape index (κ3) is 4.18. The largest absolute Gasteiger partial charge is 0.494 e. The predicted octanol–water partition coefficient (Wildman–Crippen LogP) is 3.36. The van der Waals surface area contributed by atoms with E-state index in [1.165, 1.54) is 6.26 Å². The number of benzene rings is 1. The van der Waals surface area contributed by atoms with E-state index < -0.39 is 15.6 Å². The number of sulfonamides is 1. The third-order valence-corrected chi connectivity index (χ3v) is 5.33. The molecular formula is C17H27NO4S. The number of hydrogen-bond donors (Lipinski definition) is 0. The minimum atomic E-state index is -3.30. The highest BCUT2D eigenvalue weighted by atomic mass is 32.2. The monoisotopic (exact) mass is 341 g/mol. The summed E-state index contributed by atoms with van der Waals surface area (Å²) in [7, 11) is -3.30. The maximum atomic E-state index is 12.2. The quantitative estimate of drug-likeness (QED) is 0.796. The van der Waals surface area contributed by atoms with Crippen molar-refractivity contribution in [3.63, 3.8) is 0 Å². The van der Waals surface area contributed by atoms with Crippen molar-refractivity contribution < 1.29 is 17.9 Å². The molecule has 0 bridgehead atoms. The van der Waals surface area contributed by atoms with Crippen molar-refractivity contribution in [1.29, 1.82) is 0 Å². The molecule has 0 saturated heterocycles. The van der Waals surface area contributed by atoms with Crippen LogP contribution < -0.4 is 9.47 Å². The molecule has 130 valence electrons. The Morgan fingerprint density at radius 2 is 2.04 bits per heavy atom. The Morgan fingerprint density at radius 3 is 2.61 bits per heavy atom. The second-order valence-electron chi connectivity index (χ2n) is 6.60. The van der Waals surface area contributed by atoms with Crippen LogP contribution in [0, 0.1) is 0 Å². The Hall–Kier alpha value is -1.27. The van der Waals surface area contributed by atoms with Crippen molar-refractivity contribution in [2.45, 2.75) is 52.2 Å². The minimum Gasteiger partial charge on any atom is -0.494 e. The minimum absolute atomic E-state index is 0.237. The van der Waals surface area contributed by atoms with Crippen LogP contribution in [0.4, 0.5) is 0 Å². The Bertz CT molecular complexity index is 655. The van der Waals surface area contributed by atoms with Gasteiger partial charge in [0.1, 0.15) is 17.1 Å². The van der Waals surface area contributed by atoms with Crippen molar-refractivity contribution in [2.24, 2.45) is 0 Å². The molecule has 0 spiro atoms. The van der Waals surface area contributed by atoms with Crippen molar-refractivity contribution >= 4 is 10.0 Å². The fourth-order valence-electron chi connectivity index (χ4n) is 3.05. The molecule has 0 fully saturated rings. The molecule has 6 heteroatoms. The summed E-state index contributed by atoms with van der Waals surface area (Å²) in [6.45, 7) is 8.95. The SMILES string of the molecule is CCCOc1ccc2c(c1)C(N(CC)S(C)(=O)=O)CC(C)(C)O2. The van der Waals surface area contributed by atoms with Gasteiger partial charge < -0.3 is 9.47 Å². The molecular weight excluding hydrogens is 314 g/mol. The molecule has 1 aromatic carbocycles. The number of ether oxygens (including phenoxy) is 2. The van der Waals surface area contributed by atoms with E-state index in [1.807, 2.05) is 39.0 Å². The van der Waals surface area contributed by atoms with Gasteiger partial charge in [0.05, 0.1) is 18.9 Å². The van der Waals surface area contributed by atoms with E-state index in [-0.39, 0.29) is 6.04 Å². The van der Waals surface area contributed by atoms with E-state index >= 15 is 0 Å². The molecule has 0 amide bonds. The van der Waals surface area contributed by atoms with Crippen LogP contribution in [0.15, 0.2) is 18.2 Å². The lowest BCUT2D eigenvalue weighted by molar-refractivity contribution is 0.0510. The van der Waals surface area contributed by atoms with Gasteiger partial charge in [-0.05, 0) is 38.5 Å². The summed E-state index contributed by atoms with van der Waals surface area (Å²) in [4.78, 5) is 0. The number of rotatable bonds is 6. The first-order chi connectivity index (χ1) is 10.7. The normalized spacial score (nSPS) is 20.0. The first-order valence-corrected chi connectivity index (χ1v) is 9.95. The molecule has 1 heterocycles. The van der Waals surface area contributed by atoms with Gasteiger partial charge in [0.15, 0.2) is 0 Å². The highest BCUT2D eigenvalue weighted by Crippen LogP contribution is 2.44. The fraction of sp³-hybridized carbons (Fsp3) is 0.647. The molecule has 1 aliphatic rings. The molecule has 0 radical (unpaired) electrons. The van der Waals surface area contributed by atoms with Crippen molar-refractivity contribution in [3.8, 4) is 11.5 Å². The molecule has 0 N–H and O–H groups in total. The second kappa shape index (κ2) is 6.69. The van der Waals surface area contributed by atoms with Gasteiger partial charge in [-0.25, -0.2) is 8.42 Å². The van der Waals surface area contributed by atoms with Crippen molar-refractivity contribution in [2.75, 3.05) is 19.4 Å². The van der Waals surface area contributed by atoms with Gasteiger partial charge in [0.2, 0.25) is 10.0 Å². The molecule has 5 nitrogen and oxygen atoms in total. The standard InChI is InChI=1S/C17H27NO4S/c1-6-10-21-13-8-9-16-14(11-13)15(12-17(3,4)22-16)18(7-2)23(5,19)20/h8-9,11,15H,6-7,10,12H2,1-5H3. The summed E-state index contributed by atoms with van der Waals surface area (Å²) in [6.07, 6.45) is 2.79.